The SMILES string of the molecule is CC(C)CC(C)NC(=O)c1ccncc1. The van der Waals surface area contributed by atoms with Crippen LogP contribution >= 0.6 is 0 Å². The smallest absolute Gasteiger partial charge is 0.251 e. The predicted molar refractivity (Wildman–Crippen MR) is 60.6 cm³/mol. The summed E-state index contributed by atoms with van der Waals surface area (Å²) in [4.78, 5) is 15.6. The van der Waals surface area contributed by atoms with Crippen molar-refractivity contribution < 1.29 is 4.79 Å². The van der Waals surface area contributed by atoms with Gasteiger partial charge in [0.2, 0.25) is 0 Å². The van der Waals surface area contributed by atoms with E-state index in [1.165, 1.54) is 0 Å². The Bertz CT molecular complexity index is 309. The number of hydrogen-bond acceptors (Lipinski definition) is 2. The molecule has 0 aliphatic heterocycles. The van der Waals surface area contributed by atoms with Crippen LogP contribution in [0, 0.1) is 5.92 Å². The monoisotopic (exact) mass is 206 g/mol. The molecular weight excluding hydrogens is 188 g/mol. The van der Waals surface area contributed by atoms with Crippen molar-refractivity contribution in [2.24, 2.45) is 5.92 Å². The van der Waals surface area contributed by atoms with Crippen LogP contribution in [-0.2, 0) is 0 Å². The molecule has 0 saturated carbocycles. The molecule has 0 saturated heterocycles. The lowest BCUT2D eigenvalue weighted by molar-refractivity contribution is 0.0936. The van der Waals surface area contributed by atoms with Crippen molar-refractivity contribution in [1.29, 1.82) is 0 Å². The first-order chi connectivity index (χ1) is 7.09. The molecule has 1 heterocycles. The third kappa shape index (κ3) is 4.11. The average molecular weight is 206 g/mol. The van der Waals surface area contributed by atoms with Crippen LogP contribution in [0.1, 0.15) is 37.6 Å². The average Bonchev–Trinajstić information content (AvgIpc) is 2.17. The molecule has 1 rings (SSSR count). The molecule has 15 heavy (non-hydrogen) atoms. The van der Waals surface area contributed by atoms with E-state index < -0.39 is 0 Å². The first-order valence-electron chi connectivity index (χ1n) is 5.30. The number of nitrogens with one attached hydrogen (secondary N) is 1. The highest BCUT2D eigenvalue weighted by Gasteiger charge is 2.10. The van der Waals surface area contributed by atoms with Crippen molar-refractivity contribution in [3.05, 3.63) is 30.1 Å². The number of rotatable bonds is 4. The van der Waals surface area contributed by atoms with Crippen molar-refractivity contribution >= 4 is 5.91 Å². The standard InChI is InChI=1S/C12H18N2O/c1-9(2)8-10(3)14-12(15)11-4-6-13-7-5-11/h4-7,9-10H,8H2,1-3H3,(H,14,15). The Balaban J connectivity index is 2.49. The number of pyridine rings is 1. The normalized spacial score (nSPS) is 12.5. The fourth-order valence-corrected chi connectivity index (χ4v) is 1.58. The van der Waals surface area contributed by atoms with E-state index >= 15 is 0 Å². The molecule has 1 unspecified atom stereocenters. The highest BCUT2D eigenvalue weighted by molar-refractivity contribution is 5.94. The molecule has 0 aliphatic rings. The number of nitrogens with zero attached hydrogens (tertiary/aromatic N) is 1. The molecule has 1 amide bonds. The van der Waals surface area contributed by atoms with Gasteiger partial charge < -0.3 is 5.32 Å². The molecule has 1 atom stereocenters. The lowest BCUT2D eigenvalue weighted by Gasteiger charge is -2.15. The number of carbonyl (C=O) groups is 1. The van der Waals surface area contributed by atoms with Gasteiger partial charge in [0.1, 0.15) is 0 Å². The number of amides is 1. The van der Waals surface area contributed by atoms with E-state index in [9.17, 15) is 4.79 Å². The minimum absolute atomic E-state index is 0.0226. The molecule has 0 spiro atoms. The molecule has 0 radical (unpaired) electrons. The summed E-state index contributed by atoms with van der Waals surface area (Å²) in [5.41, 5.74) is 0.667. The van der Waals surface area contributed by atoms with Crippen molar-refractivity contribution in [1.82, 2.24) is 10.3 Å². The van der Waals surface area contributed by atoms with Crippen LogP contribution in [0.2, 0.25) is 0 Å². The highest BCUT2D eigenvalue weighted by Crippen LogP contribution is 2.05. The van der Waals surface area contributed by atoms with E-state index in [2.05, 4.69) is 24.1 Å². The topological polar surface area (TPSA) is 42.0 Å². The summed E-state index contributed by atoms with van der Waals surface area (Å²) in [6, 6.07) is 3.65. The van der Waals surface area contributed by atoms with Crippen LogP contribution in [-0.4, -0.2) is 16.9 Å². The van der Waals surface area contributed by atoms with Crippen molar-refractivity contribution in [2.75, 3.05) is 0 Å². The maximum absolute atomic E-state index is 11.7. The van der Waals surface area contributed by atoms with E-state index in [4.69, 9.17) is 0 Å². The van der Waals surface area contributed by atoms with Crippen LogP contribution in [0.25, 0.3) is 0 Å². The zero-order valence-electron chi connectivity index (χ0n) is 9.53. The Morgan fingerprint density at radius 3 is 2.47 bits per heavy atom. The van der Waals surface area contributed by atoms with Gasteiger partial charge >= 0.3 is 0 Å². The van der Waals surface area contributed by atoms with E-state index in [0.29, 0.717) is 11.5 Å². The second-order valence-electron chi connectivity index (χ2n) is 4.24. The maximum atomic E-state index is 11.7. The first kappa shape index (κ1) is 11.7. The molecule has 82 valence electrons. The Morgan fingerprint density at radius 2 is 1.93 bits per heavy atom. The van der Waals surface area contributed by atoms with Gasteiger partial charge in [0.15, 0.2) is 0 Å². The quantitative estimate of drug-likeness (QED) is 0.821. The molecule has 0 fully saturated rings. The van der Waals surface area contributed by atoms with Gasteiger partial charge in [0, 0.05) is 24.0 Å². The molecule has 1 aromatic rings. The largest absolute Gasteiger partial charge is 0.350 e. The van der Waals surface area contributed by atoms with Gasteiger partial charge in [-0.15, -0.1) is 0 Å². The molecule has 3 heteroatoms. The third-order valence-corrected chi connectivity index (χ3v) is 2.14. The van der Waals surface area contributed by atoms with Crippen LogP contribution in [0.15, 0.2) is 24.5 Å². The summed E-state index contributed by atoms with van der Waals surface area (Å²) >= 11 is 0. The van der Waals surface area contributed by atoms with Crippen LogP contribution in [0.5, 0.6) is 0 Å². The van der Waals surface area contributed by atoms with Crippen LogP contribution in [0.3, 0.4) is 0 Å². The highest BCUT2D eigenvalue weighted by atomic mass is 16.1. The molecule has 0 aromatic carbocycles. The lowest BCUT2D eigenvalue weighted by atomic mass is 10.1. The van der Waals surface area contributed by atoms with E-state index in [1.54, 1.807) is 24.5 Å². The maximum Gasteiger partial charge on any atom is 0.251 e. The fraction of sp³-hybridized carbons (Fsp3) is 0.500. The zero-order valence-corrected chi connectivity index (χ0v) is 9.53. The van der Waals surface area contributed by atoms with Gasteiger partial charge in [-0.2, -0.15) is 0 Å². The van der Waals surface area contributed by atoms with Crippen molar-refractivity contribution in [3.8, 4) is 0 Å². The molecule has 1 N–H and O–H groups in total. The van der Waals surface area contributed by atoms with Crippen LogP contribution in [0.4, 0.5) is 0 Å². The first-order valence-corrected chi connectivity index (χ1v) is 5.30. The van der Waals surface area contributed by atoms with Crippen LogP contribution < -0.4 is 5.32 Å². The summed E-state index contributed by atoms with van der Waals surface area (Å²) in [6.45, 7) is 6.32. The summed E-state index contributed by atoms with van der Waals surface area (Å²) in [6.07, 6.45) is 4.25. The van der Waals surface area contributed by atoms with E-state index in [-0.39, 0.29) is 11.9 Å². The van der Waals surface area contributed by atoms with E-state index in [1.807, 2.05) is 6.92 Å². The van der Waals surface area contributed by atoms with Gasteiger partial charge in [0.25, 0.3) is 5.91 Å². The summed E-state index contributed by atoms with van der Waals surface area (Å²) < 4.78 is 0. The van der Waals surface area contributed by atoms with Crippen molar-refractivity contribution in [3.63, 3.8) is 0 Å². The minimum atomic E-state index is -0.0226. The summed E-state index contributed by atoms with van der Waals surface area (Å²) in [7, 11) is 0. The molecule has 1 aromatic heterocycles. The van der Waals surface area contributed by atoms with E-state index in [0.717, 1.165) is 6.42 Å². The van der Waals surface area contributed by atoms with Crippen molar-refractivity contribution in [2.45, 2.75) is 33.2 Å². The molecule has 0 aliphatic carbocycles. The van der Waals surface area contributed by atoms with Gasteiger partial charge in [-0.05, 0) is 31.4 Å². The van der Waals surface area contributed by atoms with Gasteiger partial charge in [-0.1, -0.05) is 13.8 Å². The number of hydrogen-bond donors (Lipinski definition) is 1. The predicted octanol–water partition coefficient (Wildman–Crippen LogP) is 2.25. The van der Waals surface area contributed by atoms with Gasteiger partial charge in [-0.3, -0.25) is 9.78 Å². The second kappa shape index (κ2) is 5.49. The Kier molecular flexibility index (Phi) is 4.28. The van der Waals surface area contributed by atoms with Gasteiger partial charge in [-0.25, -0.2) is 0 Å². The molecule has 3 nitrogen and oxygen atoms in total. The Labute approximate surface area is 90.9 Å². The molecular formula is C12H18N2O. The summed E-state index contributed by atoms with van der Waals surface area (Å²) in [5, 5.41) is 2.96. The summed E-state index contributed by atoms with van der Waals surface area (Å²) in [5.74, 6) is 0.572. The number of aromatic nitrogens is 1. The fourth-order valence-electron chi connectivity index (χ4n) is 1.58. The minimum Gasteiger partial charge on any atom is -0.350 e. The molecule has 0 bridgehead atoms. The zero-order chi connectivity index (χ0) is 11.3. The second-order valence-corrected chi connectivity index (χ2v) is 4.24. The third-order valence-electron chi connectivity index (χ3n) is 2.14. The van der Waals surface area contributed by atoms with Gasteiger partial charge in [0.05, 0.1) is 0 Å². The Hall–Kier alpha value is -1.38. The lowest BCUT2D eigenvalue weighted by Crippen LogP contribution is -2.33. The Morgan fingerprint density at radius 1 is 1.33 bits per heavy atom. The number of carbonyl (C=O) groups excluding carboxylic acids is 1.